The summed E-state index contributed by atoms with van der Waals surface area (Å²) in [6, 6.07) is 6.50. The predicted octanol–water partition coefficient (Wildman–Crippen LogP) is 2.44. The fourth-order valence-electron chi connectivity index (χ4n) is 2.28. The molecule has 15 heavy (non-hydrogen) atoms. The second-order valence-electron chi connectivity index (χ2n) is 4.26. The summed E-state index contributed by atoms with van der Waals surface area (Å²) in [6.45, 7) is 4.32. The van der Waals surface area contributed by atoms with Crippen LogP contribution < -0.4 is 5.32 Å². The van der Waals surface area contributed by atoms with Gasteiger partial charge in [0.1, 0.15) is 0 Å². The van der Waals surface area contributed by atoms with Gasteiger partial charge in [-0.3, -0.25) is 0 Å². The van der Waals surface area contributed by atoms with Crippen LogP contribution in [0.25, 0.3) is 0 Å². The number of nitrogens with one attached hydrogen (secondary N) is 1. The highest BCUT2D eigenvalue weighted by Crippen LogP contribution is 2.28. The minimum absolute atomic E-state index is 0.651. The number of hydrogen-bond donors (Lipinski definition) is 1. The van der Waals surface area contributed by atoms with Crippen LogP contribution in [0, 0.1) is 19.3 Å². The third-order valence-corrected chi connectivity index (χ3v) is 3.14. The lowest BCUT2D eigenvalue weighted by Gasteiger charge is -2.24. The van der Waals surface area contributed by atoms with E-state index in [1.165, 1.54) is 24.0 Å². The van der Waals surface area contributed by atoms with Gasteiger partial charge < -0.3 is 5.32 Å². The molecule has 1 N–H and O–H groups in total. The first-order chi connectivity index (χ1) is 7.31. The van der Waals surface area contributed by atoms with Crippen molar-refractivity contribution in [2.24, 2.45) is 0 Å². The first kappa shape index (κ1) is 10.3. The van der Waals surface area contributed by atoms with Gasteiger partial charge in [-0.1, -0.05) is 18.1 Å². The van der Waals surface area contributed by atoms with E-state index in [1.807, 2.05) is 0 Å². The molecule has 1 aromatic carbocycles. The molecule has 1 heteroatoms. The summed E-state index contributed by atoms with van der Waals surface area (Å²) < 4.78 is 0. The van der Waals surface area contributed by atoms with Crippen LogP contribution in [0.3, 0.4) is 0 Å². The average Bonchev–Trinajstić information content (AvgIpc) is 2.30. The van der Waals surface area contributed by atoms with E-state index in [2.05, 4.69) is 36.4 Å². The third kappa shape index (κ3) is 2.22. The standard InChI is InChI=1S/C14H17N/c1-3-12-10-11(2)4-5-14(12)13-6-8-15-9-7-13/h1,4-5,10,13,15H,6-9H2,2H3. The van der Waals surface area contributed by atoms with Crippen molar-refractivity contribution in [3.05, 3.63) is 34.9 Å². The van der Waals surface area contributed by atoms with Gasteiger partial charge in [0.05, 0.1) is 0 Å². The smallest absolute Gasteiger partial charge is 0.0280 e. The topological polar surface area (TPSA) is 12.0 Å². The minimum atomic E-state index is 0.651. The van der Waals surface area contributed by atoms with Crippen LogP contribution >= 0.6 is 0 Å². The highest BCUT2D eigenvalue weighted by molar-refractivity contribution is 5.44. The van der Waals surface area contributed by atoms with Crippen molar-refractivity contribution in [1.82, 2.24) is 5.32 Å². The summed E-state index contributed by atoms with van der Waals surface area (Å²) in [6.07, 6.45) is 7.97. The number of hydrogen-bond acceptors (Lipinski definition) is 1. The molecule has 0 aromatic heterocycles. The molecular formula is C14H17N. The Balaban J connectivity index is 2.30. The highest BCUT2D eigenvalue weighted by Gasteiger charge is 2.17. The molecule has 0 amide bonds. The molecule has 0 aliphatic carbocycles. The van der Waals surface area contributed by atoms with E-state index in [9.17, 15) is 0 Å². The molecule has 78 valence electrons. The van der Waals surface area contributed by atoms with Crippen molar-refractivity contribution >= 4 is 0 Å². The van der Waals surface area contributed by atoms with Crippen LogP contribution in [-0.2, 0) is 0 Å². The second kappa shape index (κ2) is 4.51. The highest BCUT2D eigenvalue weighted by atomic mass is 14.9. The Hall–Kier alpha value is -1.26. The molecule has 0 radical (unpaired) electrons. The number of piperidine rings is 1. The molecule has 1 heterocycles. The maximum atomic E-state index is 5.56. The second-order valence-corrected chi connectivity index (χ2v) is 4.26. The van der Waals surface area contributed by atoms with Crippen molar-refractivity contribution in [1.29, 1.82) is 0 Å². The molecule has 1 saturated heterocycles. The average molecular weight is 199 g/mol. The molecule has 1 aliphatic heterocycles. The molecule has 1 nitrogen and oxygen atoms in total. The van der Waals surface area contributed by atoms with E-state index in [0.29, 0.717) is 5.92 Å². The molecule has 1 aromatic rings. The molecule has 0 unspecified atom stereocenters. The fourth-order valence-corrected chi connectivity index (χ4v) is 2.28. The van der Waals surface area contributed by atoms with Crippen LogP contribution in [-0.4, -0.2) is 13.1 Å². The zero-order valence-electron chi connectivity index (χ0n) is 9.22. The first-order valence-electron chi connectivity index (χ1n) is 5.59. The quantitative estimate of drug-likeness (QED) is 0.685. The Morgan fingerprint density at radius 2 is 2.07 bits per heavy atom. The third-order valence-electron chi connectivity index (χ3n) is 3.14. The SMILES string of the molecule is C#Cc1cc(C)ccc1C1CCNCC1. The summed E-state index contributed by atoms with van der Waals surface area (Å²) in [4.78, 5) is 0. The van der Waals surface area contributed by atoms with Gasteiger partial charge in [-0.2, -0.15) is 0 Å². The van der Waals surface area contributed by atoms with Gasteiger partial charge in [-0.05, 0) is 56.0 Å². The monoisotopic (exact) mass is 199 g/mol. The van der Waals surface area contributed by atoms with E-state index < -0.39 is 0 Å². The normalized spacial score (nSPS) is 17.3. The zero-order valence-corrected chi connectivity index (χ0v) is 9.22. The molecular weight excluding hydrogens is 182 g/mol. The molecule has 1 aliphatic rings. The van der Waals surface area contributed by atoms with Gasteiger partial charge in [-0.15, -0.1) is 6.42 Å². The van der Waals surface area contributed by atoms with Gasteiger partial charge in [0, 0.05) is 5.56 Å². The van der Waals surface area contributed by atoms with Crippen molar-refractivity contribution in [3.8, 4) is 12.3 Å². The lowest BCUT2D eigenvalue weighted by atomic mass is 9.86. The van der Waals surface area contributed by atoms with E-state index in [0.717, 1.165) is 18.7 Å². The van der Waals surface area contributed by atoms with E-state index in [-0.39, 0.29) is 0 Å². The van der Waals surface area contributed by atoms with Gasteiger partial charge in [0.15, 0.2) is 0 Å². The van der Waals surface area contributed by atoms with Gasteiger partial charge in [-0.25, -0.2) is 0 Å². The Bertz CT molecular complexity index is 381. The van der Waals surface area contributed by atoms with Crippen LogP contribution in [0.2, 0.25) is 0 Å². The molecule has 0 saturated carbocycles. The predicted molar refractivity (Wildman–Crippen MR) is 64.0 cm³/mol. The zero-order chi connectivity index (χ0) is 10.7. The van der Waals surface area contributed by atoms with Crippen molar-refractivity contribution in [2.45, 2.75) is 25.7 Å². The van der Waals surface area contributed by atoms with Crippen LogP contribution in [0.4, 0.5) is 0 Å². The summed E-state index contributed by atoms with van der Waals surface area (Å²) in [5.74, 6) is 3.46. The Morgan fingerprint density at radius 3 is 2.73 bits per heavy atom. The number of aryl methyl sites for hydroxylation is 1. The number of rotatable bonds is 1. The first-order valence-corrected chi connectivity index (χ1v) is 5.59. The molecule has 2 rings (SSSR count). The van der Waals surface area contributed by atoms with Crippen LogP contribution in [0.15, 0.2) is 18.2 Å². The van der Waals surface area contributed by atoms with Crippen molar-refractivity contribution in [3.63, 3.8) is 0 Å². The van der Waals surface area contributed by atoms with Gasteiger partial charge >= 0.3 is 0 Å². The Kier molecular flexibility index (Phi) is 3.08. The summed E-state index contributed by atoms with van der Waals surface area (Å²) in [5.41, 5.74) is 3.70. The maximum Gasteiger partial charge on any atom is 0.0280 e. The van der Waals surface area contributed by atoms with Crippen LogP contribution in [0.5, 0.6) is 0 Å². The summed E-state index contributed by atoms with van der Waals surface area (Å²) in [5, 5.41) is 3.38. The van der Waals surface area contributed by atoms with Gasteiger partial charge in [0.2, 0.25) is 0 Å². The largest absolute Gasteiger partial charge is 0.317 e. The lowest BCUT2D eigenvalue weighted by molar-refractivity contribution is 0.460. The lowest BCUT2D eigenvalue weighted by Crippen LogP contribution is -2.27. The maximum absolute atomic E-state index is 5.56. The molecule has 1 fully saturated rings. The number of benzene rings is 1. The Labute approximate surface area is 91.9 Å². The summed E-state index contributed by atoms with van der Waals surface area (Å²) >= 11 is 0. The molecule has 0 atom stereocenters. The van der Waals surface area contributed by atoms with Gasteiger partial charge in [0.25, 0.3) is 0 Å². The minimum Gasteiger partial charge on any atom is -0.317 e. The number of terminal acetylenes is 1. The summed E-state index contributed by atoms with van der Waals surface area (Å²) in [7, 11) is 0. The van der Waals surface area contributed by atoms with Crippen molar-refractivity contribution < 1.29 is 0 Å². The van der Waals surface area contributed by atoms with Crippen molar-refractivity contribution in [2.75, 3.05) is 13.1 Å². The fraction of sp³-hybridized carbons (Fsp3) is 0.429. The van der Waals surface area contributed by atoms with Crippen LogP contribution in [0.1, 0.15) is 35.4 Å². The van der Waals surface area contributed by atoms with E-state index >= 15 is 0 Å². The molecule has 0 bridgehead atoms. The molecule has 0 spiro atoms. The Morgan fingerprint density at radius 1 is 1.33 bits per heavy atom. The van der Waals surface area contributed by atoms with E-state index in [1.54, 1.807) is 0 Å². The van der Waals surface area contributed by atoms with E-state index in [4.69, 9.17) is 6.42 Å².